The first-order valence-corrected chi connectivity index (χ1v) is 8.37. The highest BCUT2D eigenvalue weighted by Gasteiger charge is 2.23. The largest absolute Gasteiger partial charge is 0.255 e. The van der Waals surface area contributed by atoms with E-state index in [0.717, 1.165) is 4.31 Å². The number of aryl methyl sites for hydroxylation is 1. The molecule has 0 spiro atoms. The van der Waals surface area contributed by atoms with E-state index in [2.05, 4.69) is 10.2 Å². The van der Waals surface area contributed by atoms with Crippen molar-refractivity contribution in [3.05, 3.63) is 51.6 Å². The topological polar surface area (TPSA) is 63.2 Å². The first-order valence-electron chi connectivity index (χ1n) is 6.01. The van der Waals surface area contributed by atoms with E-state index in [1.807, 2.05) is 0 Å². The molecule has 0 aliphatic rings. The van der Waals surface area contributed by atoms with Crippen molar-refractivity contribution in [1.82, 2.24) is 10.2 Å². The number of hydrogen-bond donors (Lipinski definition) is 0. The van der Waals surface area contributed by atoms with Gasteiger partial charge in [0.1, 0.15) is 0 Å². The van der Waals surface area contributed by atoms with Gasteiger partial charge in [0.15, 0.2) is 5.82 Å². The SMILES string of the molecule is Cc1ccc(N(C)S(=O)(=O)Cc2c(Cl)cccc2Cl)nn1. The highest BCUT2D eigenvalue weighted by molar-refractivity contribution is 7.92. The quantitative estimate of drug-likeness (QED) is 0.854. The molecule has 0 aliphatic heterocycles. The maximum Gasteiger partial charge on any atom is 0.240 e. The fraction of sp³-hybridized carbons (Fsp3) is 0.231. The zero-order valence-corrected chi connectivity index (χ0v) is 13.7. The van der Waals surface area contributed by atoms with Gasteiger partial charge in [-0.15, -0.1) is 5.10 Å². The van der Waals surface area contributed by atoms with E-state index in [9.17, 15) is 8.42 Å². The molecule has 0 N–H and O–H groups in total. The number of anilines is 1. The van der Waals surface area contributed by atoms with Crippen molar-refractivity contribution in [3.8, 4) is 0 Å². The van der Waals surface area contributed by atoms with Crippen molar-refractivity contribution in [2.24, 2.45) is 0 Å². The minimum absolute atomic E-state index is 0.240. The summed E-state index contributed by atoms with van der Waals surface area (Å²) in [5.41, 5.74) is 1.08. The molecule has 21 heavy (non-hydrogen) atoms. The molecule has 8 heteroatoms. The second-order valence-electron chi connectivity index (χ2n) is 4.46. The minimum atomic E-state index is -3.66. The number of rotatable bonds is 4. The monoisotopic (exact) mass is 345 g/mol. The summed E-state index contributed by atoms with van der Waals surface area (Å²) in [6, 6.07) is 8.15. The molecule has 0 saturated heterocycles. The van der Waals surface area contributed by atoms with Crippen LogP contribution in [0.5, 0.6) is 0 Å². The van der Waals surface area contributed by atoms with E-state index >= 15 is 0 Å². The Morgan fingerprint density at radius 2 is 1.71 bits per heavy atom. The van der Waals surface area contributed by atoms with Crippen LogP contribution in [0.4, 0.5) is 5.82 Å². The Balaban J connectivity index is 2.32. The van der Waals surface area contributed by atoms with Crippen molar-refractivity contribution in [2.75, 3.05) is 11.4 Å². The first kappa shape index (κ1) is 16.0. The summed E-state index contributed by atoms with van der Waals surface area (Å²) >= 11 is 12.0. The molecule has 5 nitrogen and oxygen atoms in total. The highest BCUT2D eigenvalue weighted by Crippen LogP contribution is 2.27. The van der Waals surface area contributed by atoms with Crippen molar-refractivity contribution >= 4 is 39.0 Å². The van der Waals surface area contributed by atoms with Crippen LogP contribution in [0.2, 0.25) is 10.0 Å². The smallest absolute Gasteiger partial charge is 0.240 e. The lowest BCUT2D eigenvalue weighted by Crippen LogP contribution is -2.29. The van der Waals surface area contributed by atoms with Crippen LogP contribution in [0, 0.1) is 6.92 Å². The van der Waals surface area contributed by atoms with Gasteiger partial charge in [0.2, 0.25) is 10.0 Å². The molecule has 0 fully saturated rings. The lowest BCUT2D eigenvalue weighted by Gasteiger charge is -2.18. The van der Waals surface area contributed by atoms with Crippen molar-refractivity contribution in [1.29, 1.82) is 0 Å². The van der Waals surface area contributed by atoms with Crippen molar-refractivity contribution < 1.29 is 8.42 Å². The van der Waals surface area contributed by atoms with Crippen LogP contribution >= 0.6 is 23.2 Å². The predicted octanol–water partition coefficient (Wildman–Crippen LogP) is 3.06. The van der Waals surface area contributed by atoms with Crippen LogP contribution in [0.25, 0.3) is 0 Å². The number of sulfonamides is 1. The van der Waals surface area contributed by atoms with Gasteiger partial charge in [-0.1, -0.05) is 29.3 Å². The van der Waals surface area contributed by atoms with E-state index < -0.39 is 10.0 Å². The molecular weight excluding hydrogens is 333 g/mol. The van der Waals surface area contributed by atoms with E-state index in [-0.39, 0.29) is 11.6 Å². The molecular formula is C13H13Cl2N3O2S. The Kier molecular flexibility index (Phi) is 4.70. The Labute approximate surface area is 133 Å². The molecule has 0 bridgehead atoms. The molecule has 2 aromatic rings. The normalized spacial score (nSPS) is 11.4. The number of aromatic nitrogens is 2. The maximum absolute atomic E-state index is 12.4. The molecule has 0 amide bonds. The maximum atomic E-state index is 12.4. The number of benzene rings is 1. The van der Waals surface area contributed by atoms with Crippen LogP contribution in [-0.4, -0.2) is 25.7 Å². The molecule has 1 aromatic heterocycles. The summed E-state index contributed by atoms with van der Waals surface area (Å²) in [4.78, 5) is 0. The molecule has 1 heterocycles. The molecule has 0 radical (unpaired) electrons. The molecule has 0 unspecified atom stereocenters. The van der Waals surface area contributed by atoms with E-state index in [1.165, 1.54) is 7.05 Å². The Hall–Kier alpha value is -1.37. The first-order chi connectivity index (χ1) is 9.81. The average molecular weight is 346 g/mol. The average Bonchev–Trinajstić information content (AvgIpc) is 2.43. The van der Waals surface area contributed by atoms with Crippen LogP contribution < -0.4 is 4.31 Å². The summed E-state index contributed by atoms with van der Waals surface area (Å²) < 4.78 is 25.9. The lowest BCUT2D eigenvalue weighted by atomic mass is 10.2. The molecule has 0 saturated carbocycles. The van der Waals surface area contributed by atoms with Crippen molar-refractivity contribution in [3.63, 3.8) is 0 Å². The van der Waals surface area contributed by atoms with Gasteiger partial charge in [0.25, 0.3) is 0 Å². The predicted molar refractivity (Wildman–Crippen MR) is 84.3 cm³/mol. The van der Waals surface area contributed by atoms with Gasteiger partial charge < -0.3 is 0 Å². The summed E-state index contributed by atoms with van der Waals surface area (Å²) in [6.07, 6.45) is 0. The summed E-state index contributed by atoms with van der Waals surface area (Å²) in [5.74, 6) is -0.0684. The summed E-state index contributed by atoms with van der Waals surface area (Å²) in [5, 5.41) is 8.34. The van der Waals surface area contributed by atoms with Crippen LogP contribution in [0.3, 0.4) is 0 Å². The Morgan fingerprint density at radius 3 is 2.24 bits per heavy atom. The molecule has 112 valence electrons. The zero-order chi connectivity index (χ0) is 15.6. The van der Waals surface area contributed by atoms with Gasteiger partial charge in [-0.3, -0.25) is 4.31 Å². The Bertz CT molecular complexity index is 728. The number of hydrogen-bond acceptors (Lipinski definition) is 4. The van der Waals surface area contributed by atoms with Gasteiger partial charge in [-0.2, -0.15) is 5.10 Å². The standard InChI is InChI=1S/C13H13Cl2N3O2S/c1-9-6-7-13(17-16-9)18(2)21(19,20)8-10-11(14)4-3-5-12(10)15/h3-7H,8H2,1-2H3. The van der Waals surface area contributed by atoms with E-state index in [1.54, 1.807) is 37.3 Å². The summed E-state index contributed by atoms with van der Waals surface area (Å²) in [6.45, 7) is 1.77. The number of nitrogens with zero attached hydrogens (tertiary/aromatic N) is 3. The molecule has 0 aliphatic carbocycles. The number of halogens is 2. The van der Waals surface area contributed by atoms with Gasteiger partial charge in [0, 0.05) is 22.7 Å². The molecule has 0 atom stereocenters. The third-order valence-electron chi connectivity index (χ3n) is 2.91. The lowest BCUT2D eigenvalue weighted by molar-refractivity contribution is 0.593. The summed E-state index contributed by atoms with van der Waals surface area (Å²) in [7, 11) is -2.25. The van der Waals surface area contributed by atoms with E-state index in [4.69, 9.17) is 23.2 Å². The zero-order valence-electron chi connectivity index (χ0n) is 11.4. The fourth-order valence-electron chi connectivity index (χ4n) is 1.65. The second kappa shape index (κ2) is 6.17. The Morgan fingerprint density at radius 1 is 1.10 bits per heavy atom. The van der Waals surface area contributed by atoms with Gasteiger partial charge in [0.05, 0.1) is 11.4 Å². The van der Waals surface area contributed by atoms with Crippen molar-refractivity contribution in [2.45, 2.75) is 12.7 Å². The molecule has 1 aromatic carbocycles. The van der Waals surface area contributed by atoms with Gasteiger partial charge in [-0.25, -0.2) is 8.42 Å². The molecule has 2 rings (SSSR count). The fourth-order valence-corrected chi connectivity index (χ4v) is 3.59. The minimum Gasteiger partial charge on any atom is -0.255 e. The highest BCUT2D eigenvalue weighted by atomic mass is 35.5. The third kappa shape index (κ3) is 3.64. The van der Waals surface area contributed by atoms with Crippen LogP contribution in [0.1, 0.15) is 11.3 Å². The van der Waals surface area contributed by atoms with Crippen LogP contribution in [-0.2, 0) is 15.8 Å². The third-order valence-corrected chi connectivity index (χ3v) is 5.30. The second-order valence-corrected chi connectivity index (χ2v) is 7.27. The van der Waals surface area contributed by atoms with Gasteiger partial charge >= 0.3 is 0 Å². The van der Waals surface area contributed by atoms with Gasteiger partial charge in [-0.05, 0) is 31.2 Å². The van der Waals surface area contributed by atoms with Crippen LogP contribution in [0.15, 0.2) is 30.3 Å². The van der Waals surface area contributed by atoms with E-state index in [0.29, 0.717) is 21.3 Å².